The van der Waals surface area contributed by atoms with Gasteiger partial charge in [-0.1, -0.05) is 30.3 Å². The number of amides is 1. The molecule has 1 heterocycles. The minimum Gasteiger partial charge on any atom is -0.342 e. The van der Waals surface area contributed by atoms with Crippen molar-refractivity contribution in [3.63, 3.8) is 0 Å². The summed E-state index contributed by atoms with van der Waals surface area (Å²) in [4.78, 5) is 17.1. The van der Waals surface area contributed by atoms with Crippen molar-refractivity contribution in [1.29, 1.82) is 0 Å². The Bertz CT molecular complexity index is 821. The third-order valence-electron chi connectivity index (χ3n) is 3.91. The zero-order valence-corrected chi connectivity index (χ0v) is 13.7. The number of nitrogens with zero attached hydrogens (tertiary/aromatic N) is 2. The monoisotopic (exact) mass is 307 g/mol. The Morgan fingerprint density at radius 1 is 1.00 bits per heavy atom. The first-order valence-corrected chi connectivity index (χ1v) is 7.90. The zero-order chi connectivity index (χ0) is 16.4. The molecule has 2 aromatic carbocycles. The lowest BCUT2D eigenvalue weighted by atomic mass is 10.2. The lowest BCUT2D eigenvalue weighted by Gasteiger charge is -2.18. The normalized spacial score (nSPS) is 12.5. The fourth-order valence-corrected chi connectivity index (χ4v) is 2.85. The number of rotatable bonds is 4. The van der Waals surface area contributed by atoms with E-state index in [9.17, 15) is 4.79 Å². The maximum absolute atomic E-state index is 12.4. The molecule has 0 spiro atoms. The van der Waals surface area contributed by atoms with Gasteiger partial charge in [0.25, 0.3) is 5.91 Å². The molecule has 0 fully saturated rings. The second-order valence-electron chi connectivity index (χ2n) is 5.98. The number of imidazole rings is 1. The smallest absolute Gasteiger partial charge is 0.251 e. The summed E-state index contributed by atoms with van der Waals surface area (Å²) in [6.07, 6.45) is 0. The Balaban J connectivity index is 1.93. The molecule has 0 radical (unpaired) electrons. The predicted octanol–water partition coefficient (Wildman–Crippen LogP) is 4.11. The number of carbonyl (C=O) groups excluding carboxylic acids is 1. The number of fused-ring (bicyclic) bond motifs is 1. The molecule has 118 valence electrons. The standard InChI is InChI=1S/C19H21N3O/c1-13(2)22-17-12-8-7-11-16(17)21-18(22)14(3)20-19(23)15-9-5-4-6-10-15/h4-14H,1-3H3,(H,20,23). The molecule has 0 aliphatic carbocycles. The van der Waals surface area contributed by atoms with Crippen molar-refractivity contribution in [2.24, 2.45) is 0 Å². The van der Waals surface area contributed by atoms with Gasteiger partial charge in [-0.25, -0.2) is 4.98 Å². The lowest BCUT2D eigenvalue weighted by Crippen LogP contribution is -2.29. The van der Waals surface area contributed by atoms with Gasteiger partial charge in [0.15, 0.2) is 0 Å². The molecule has 0 bridgehead atoms. The fourth-order valence-electron chi connectivity index (χ4n) is 2.85. The van der Waals surface area contributed by atoms with Crippen molar-refractivity contribution in [2.45, 2.75) is 32.9 Å². The van der Waals surface area contributed by atoms with Gasteiger partial charge in [0.1, 0.15) is 5.82 Å². The van der Waals surface area contributed by atoms with E-state index >= 15 is 0 Å². The SMILES string of the molecule is CC(NC(=O)c1ccccc1)c1nc2ccccc2n1C(C)C. The summed E-state index contributed by atoms with van der Waals surface area (Å²) in [6.45, 7) is 6.23. The highest BCUT2D eigenvalue weighted by molar-refractivity contribution is 5.94. The molecule has 0 saturated heterocycles. The maximum atomic E-state index is 12.4. The van der Waals surface area contributed by atoms with Crippen LogP contribution in [0.3, 0.4) is 0 Å². The van der Waals surface area contributed by atoms with Crippen LogP contribution in [0.5, 0.6) is 0 Å². The van der Waals surface area contributed by atoms with Crippen LogP contribution in [0.25, 0.3) is 11.0 Å². The molecule has 3 rings (SSSR count). The molecule has 0 aliphatic rings. The Labute approximate surface area is 136 Å². The first kappa shape index (κ1) is 15.3. The van der Waals surface area contributed by atoms with E-state index in [1.807, 2.05) is 55.5 Å². The summed E-state index contributed by atoms with van der Waals surface area (Å²) >= 11 is 0. The third-order valence-corrected chi connectivity index (χ3v) is 3.91. The summed E-state index contributed by atoms with van der Waals surface area (Å²) < 4.78 is 2.19. The zero-order valence-electron chi connectivity index (χ0n) is 13.7. The number of carbonyl (C=O) groups is 1. The van der Waals surface area contributed by atoms with Crippen LogP contribution in [0.2, 0.25) is 0 Å². The van der Waals surface area contributed by atoms with E-state index in [2.05, 4.69) is 29.8 Å². The highest BCUT2D eigenvalue weighted by Crippen LogP contribution is 2.25. The van der Waals surface area contributed by atoms with Crippen molar-refractivity contribution in [3.8, 4) is 0 Å². The van der Waals surface area contributed by atoms with Gasteiger partial charge in [0.2, 0.25) is 0 Å². The van der Waals surface area contributed by atoms with Crippen molar-refractivity contribution < 1.29 is 4.79 Å². The van der Waals surface area contributed by atoms with E-state index in [1.165, 1.54) is 0 Å². The summed E-state index contributed by atoms with van der Waals surface area (Å²) in [5.74, 6) is 0.797. The molecule has 3 aromatic rings. The average Bonchev–Trinajstić information content (AvgIpc) is 2.95. The van der Waals surface area contributed by atoms with E-state index in [4.69, 9.17) is 4.98 Å². The highest BCUT2D eigenvalue weighted by Gasteiger charge is 2.20. The summed E-state index contributed by atoms with van der Waals surface area (Å²) in [7, 11) is 0. The quantitative estimate of drug-likeness (QED) is 0.788. The first-order chi connectivity index (χ1) is 11.1. The fraction of sp³-hybridized carbons (Fsp3) is 0.263. The molecular formula is C19H21N3O. The van der Waals surface area contributed by atoms with Crippen molar-refractivity contribution in [2.75, 3.05) is 0 Å². The van der Waals surface area contributed by atoms with Crippen LogP contribution < -0.4 is 5.32 Å². The molecule has 1 aromatic heterocycles. The van der Waals surface area contributed by atoms with Crippen LogP contribution in [0.15, 0.2) is 54.6 Å². The highest BCUT2D eigenvalue weighted by atomic mass is 16.1. The summed E-state index contributed by atoms with van der Waals surface area (Å²) in [5.41, 5.74) is 2.71. The van der Waals surface area contributed by atoms with Gasteiger partial charge in [-0.15, -0.1) is 0 Å². The van der Waals surface area contributed by atoms with Crippen LogP contribution >= 0.6 is 0 Å². The molecular weight excluding hydrogens is 286 g/mol. The summed E-state index contributed by atoms with van der Waals surface area (Å²) in [5, 5.41) is 3.05. The minimum atomic E-state index is -0.169. The lowest BCUT2D eigenvalue weighted by molar-refractivity contribution is 0.0937. The Morgan fingerprint density at radius 2 is 1.65 bits per heavy atom. The van der Waals surface area contributed by atoms with Gasteiger partial charge in [-0.2, -0.15) is 0 Å². The van der Waals surface area contributed by atoms with E-state index in [-0.39, 0.29) is 18.0 Å². The van der Waals surface area contributed by atoms with Crippen molar-refractivity contribution in [3.05, 3.63) is 66.0 Å². The van der Waals surface area contributed by atoms with Crippen LogP contribution in [-0.4, -0.2) is 15.5 Å². The molecule has 0 saturated carbocycles. The number of benzene rings is 2. The van der Waals surface area contributed by atoms with Crippen LogP contribution in [0, 0.1) is 0 Å². The largest absolute Gasteiger partial charge is 0.342 e. The van der Waals surface area contributed by atoms with E-state index < -0.39 is 0 Å². The van der Waals surface area contributed by atoms with Crippen LogP contribution in [0.1, 0.15) is 49.0 Å². The summed E-state index contributed by atoms with van der Waals surface area (Å²) in [6, 6.07) is 17.4. The van der Waals surface area contributed by atoms with Crippen LogP contribution in [0.4, 0.5) is 0 Å². The number of aromatic nitrogens is 2. The van der Waals surface area contributed by atoms with E-state index in [0.717, 1.165) is 16.9 Å². The van der Waals surface area contributed by atoms with E-state index in [1.54, 1.807) is 0 Å². The Kier molecular flexibility index (Phi) is 4.15. The van der Waals surface area contributed by atoms with Gasteiger partial charge in [0, 0.05) is 11.6 Å². The molecule has 23 heavy (non-hydrogen) atoms. The molecule has 1 N–H and O–H groups in total. The van der Waals surface area contributed by atoms with Crippen molar-refractivity contribution >= 4 is 16.9 Å². The van der Waals surface area contributed by atoms with Gasteiger partial charge in [0.05, 0.1) is 17.1 Å². The topological polar surface area (TPSA) is 46.9 Å². The minimum absolute atomic E-state index is 0.0829. The first-order valence-electron chi connectivity index (χ1n) is 7.90. The van der Waals surface area contributed by atoms with Gasteiger partial charge in [-0.3, -0.25) is 4.79 Å². The molecule has 1 atom stereocenters. The third kappa shape index (κ3) is 2.97. The van der Waals surface area contributed by atoms with Gasteiger partial charge < -0.3 is 9.88 Å². The molecule has 0 aliphatic heterocycles. The number of para-hydroxylation sites is 2. The molecule has 4 heteroatoms. The number of hydrogen-bond acceptors (Lipinski definition) is 2. The van der Waals surface area contributed by atoms with Crippen LogP contribution in [-0.2, 0) is 0 Å². The second-order valence-corrected chi connectivity index (χ2v) is 5.98. The maximum Gasteiger partial charge on any atom is 0.251 e. The Hall–Kier alpha value is -2.62. The van der Waals surface area contributed by atoms with Crippen molar-refractivity contribution in [1.82, 2.24) is 14.9 Å². The number of nitrogens with one attached hydrogen (secondary N) is 1. The second kappa shape index (κ2) is 6.24. The van der Waals surface area contributed by atoms with E-state index in [0.29, 0.717) is 5.56 Å². The molecule has 4 nitrogen and oxygen atoms in total. The predicted molar refractivity (Wildman–Crippen MR) is 92.4 cm³/mol. The van der Waals surface area contributed by atoms with Gasteiger partial charge >= 0.3 is 0 Å². The average molecular weight is 307 g/mol. The van der Waals surface area contributed by atoms with Gasteiger partial charge in [-0.05, 0) is 45.0 Å². The Morgan fingerprint density at radius 3 is 2.35 bits per heavy atom. The molecule has 1 amide bonds. The number of hydrogen-bond donors (Lipinski definition) is 1. The molecule has 1 unspecified atom stereocenters.